The van der Waals surface area contributed by atoms with Crippen molar-refractivity contribution in [2.75, 3.05) is 5.88 Å². The maximum absolute atomic E-state index is 5.98. The number of thiophene rings is 1. The van der Waals surface area contributed by atoms with Crippen LogP contribution in [-0.2, 0) is 0 Å². The maximum atomic E-state index is 5.98. The summed E-state index contributed by atoms with van der Waals surface area (Å²) in [5.74, 6) is 0.574. The molecule has 0 aliphatic carbocycles. The molecule has 0 N–H and O–H groups in total. The molecule has 88 valence electrons. The Bertz CT molecular complexity index is 541. The highest BCUT2D eigenvalue weighted by molar-refractivity contribution is 7.16. The maximum Gasteiger partial charge on any atom is 0.0434 e. The first kappa shape index (κ1) is 12.7. The third kappa shape index (κ3) is 3.35. The Morgan fingerprint density at radius 1 is 1.29 bits per heavy atom. The van der Waals surface area contributed by atoms with Crippen LogP contribution in [0.25, 0.3) is 16.5 Å². The summed E-state index contributed by atoms with van der Waals surface area (Å²) < 4.78 is 0. The summed E-state index contributed by atoms with van der Waals surface area (Å²) in [6.45, 7) is 2.03. The highest BCUT2D eigenvalue weighted by Crippen LogP contribution is 2.30. The van der Waals surface area contributed by atoms with Crippen LogP contribution in [-0.4, -0.2) is 5.88 Å². The van der Waals surface area contributed by atoms with Crippen molar-refractivity contribution >= 4 is 40.6 Å². The van der Waals surface area contributed by atoms with Gasteiger partial charge in [-0.2, -0.15) is 0 Å². The Balaban J connectivity index is 2.30. The van der Waals surface area contributed by atoms with Crippen LogP contribution < -0.4 is 0 Å². The van der Waals surface area contributed by atoms with E-state index in [0.717, 1.165) is 10.6 Å². The number of benzene rings is 1. The smallest absolute Gasteiger partial charge is 0.0434 e. The van der Waals surface area contributed by atoms with Crippen LogP contribution in [0, 0.1) is 0 Å². The molecule has 3 heteroatoms. The lowest BCUT2D eigenvalue weighted by atomic mass is 10.2. The predicted octanol–water partition coefficient (Wildman–Crippen LogP) is 5.71. The Labute approximate surface area is 116 Å². The molecular formula is C14H12Cl2S. The van der Waals surface area contributed by atoms with E-state index >= 15 is 0 Å². The topological polar surface area (TPSA) is 0 Å². The lowest BCUT2D eigenvalue weighted by molar-refractivity contribution is 1.44. The van der Waals surface area contributed by atoms with Gasteiger partial charge >= 0.3 is 0 Å². The van der Waals surface area contributed by atoms with Gasteiger partial charge < -0.3 is 0 Å². The second kappa shape index (κ2) is 5.72. The summed E-state index contributed by atoms with van der Waals surface area (Å²) >= 11 is 13.5. The molecule has 1 aromatic carbocycles. The fourth-order valence-electron chi connectivity index (χ4n) is 1.51. The summed E-state index contributed by atoms with van der Waals surface area (Å²) in [4.78, 5) is 2.44. The first-order valence-corrected chi connectivity index (χ1v) is 7.01. The van der Waals surface area contributed by atoms with Crippen molar-refractivity contribution in [3.63, 3.8) is 0 Å². The molecule has 0 saturated carbocycles. The molecular weight excluding hydrogens is 271 g/mol. The molecule has 0 amide bonds. The molecule has 0 aliphatic heterocycles. The molecule has 0 aliphatic rings. The van der Waals surface area contributed by atoms with E-state index in [0.29, 0.717) is 5.88 Å². The predicted molar refractivity (Wildman–Crippen MR) is 79.1 cm³/mol. The first-order chi connectivity index (χ1) is 8.19. The SMILES string of the molecule is CC(=Cc1ccc(-c2cccc(Cl)c2)s1)CCl. The van der Waals surface area contributed by atoms with E-state index in [1.807, 2.05) is 25.1 Å². The molecule has 0 fully saturated rings. The fourth-order valence-corrected chi connectivity index (χ4v) is 2.81. The molecule has 0 nitrogen and oxygen atoms in total. The van der Waals surface area contributed by atoms with Gasteiger partial charge in [0.25, 0.3) is 0 Å². The van der Waals surface area contributed by atoms with Gasteiger partial charge in [0.05, 0.1) is 0 Å². The number of hydrogen-bond acceptors (Lipinski definition) is 1. The van der Waals surface area contributed by atoms with Gasteiger partial charge in [0.1, 0.15) is 0 Å². The van der Waals surface area contributed by atoms with Gasteiger partial charge in [0.2, 0.25) is 0 Å². The Morgan fingerprint density at radius 2 is 2.12 bits per heavy atom. The molecule has 0 bridgehead atoms. The summed E-state index contributed by atoms with van der Waals surface area (Å²) in [6, 6.07) is 12.1. The van der Waals surface area contributed by atoms with Crippen molar-refractivity contribution in [2.24, 2.45) is 0 Å². The summed E-state index contributed by atoms with van der Waals surface area (Å²) in [5.41, 5.74) is 2.33. The van der Waals surface area contributed by atoms with Gasteiger partial charge in [-0.15, -0.1) is 22.9 Å². The zero-order chi connectivity index (χ0) is 12.3. The molecule has 0 radical (unpaired) electrons. The van der Waals surface area contributed by atoms with Crippen LogP contribution >= 0.6 is 34.5 Å². The fraction of sp³-hybridized carbons (Fsp3) is 0.143. The molecule has 0 spiro atoms. The minimum absolute atomic E-state index is 0.574. The second-order valence-electron chi connectivity index (χ2n) is 3.84. The van der Waals surface area contributed by atoms with Crippen LogP contribution in [0.2, 0.25) is 5.02 Å². The third-order valence-corrected chi connectivity index (χ3v) is 4.07. The molecule has 17 heavy (non-hydrogen) atoms. The molecule has 1 aromatic heterocycles. The van der Waals surface area contributed by atoms with Gasteiger partial charge in [0, 0.05) is 20.7 Å². The van der Waals surface area contributed by atoms with E-state index in [4.69, 9.17) is 23.2 Å². The van der Waals surface area contributed by atoms with Crippen molar-refractivity contribution in [2.45, 2.75) is 6.92 Å². The van der Waals surface area contributed by atoms with Crippen LogP contribution in [0.15, 0.2) is 42.0 Å². The van der Waals surface area contributed by atoms with Gasteiger partial charge in [-0.3, -0.25) is 0 Å². The van der Waals surface area contributed by atoms with Gasteiger partial charge in [0.15, 0.2) is 0 Å². The number of hydrogen-bond donors (Lipinski definition) is 0. The molecule has 2 rings (SSSR count). The summed E-state index contributed by atoms with van der Waals surface area (Å²) in [5, 5.41) is 0.768. The monoisotopic (exact) mass is 282 g/mol. The van der Waals surface area contributed by atoms with Crippen molar-refractivity contribution in [1.82, 2.24) is 0 Å². The van der Waals surface area contributed by atoms with Crippen molar-refractivity contribution < 1.29 is 0 Å². The Hall–Kier alpha value is -0.760. The lowest BCUT2D eigenvalue weighted by Crippen LogP contribution is -1.73. The van der Waals surface area contributed by atoms with Crippen LogP contribution in [0.4, 0.5) is 0 Å². The quantitative estimate of drug-likeness (QED) is 0.633. The number of halogens is 2. The summed E-state index contributed by atoms with van der Waals surface area (Å²) in [7, 11) is 0. The zero-order valence-electron chi connectivity index (χ0n) is 9.41. The second-order valence-corrected chi connectivity index (χ2v) is 5.66. The number of rotatable bonds is 3. The standard InChI is InChI=1S/C14H12Cl2S/c1-10(9-15)7-13-5-6-14(17-13)11-3-2-4-12(16)8-11/h2-8H,9H2,1H3. The highest BCUT2D eigenvalue weighted by atomic mass is 35.5. The summed E-state index contributed by atoms with van der Waals surface area (Å²) in [6.07, 6.45) is 2.12. The van der Waals surface area contributed by atoms with E-state index in [2.05, 4.69) is 24.3 Å². The Morgan fingerprint density at radius 3 is 2.82 bits per heavy atom. The first-order valence-electron chi connectivity index (χ1n) is 5.28. The van der Waals surface area contributed by atoms with Gasteiger partial charge in [-0.05, 0) is 42.8 Å². The molecule has 2 aromatic rings. The van der Waals surface area contributed by atoms with E-state index < -0.39 is 0 Å². The van der Waals surface area contributed by atoms with Crippen molar-refractivity contribution in [1.29, 1.82) is 0 Å². The van der Waals surface area contributed by atoms with Crippen LogP contribution in [0.3, 0.4) is 0 Å². The third-order valence-electron chi connectivity index (χ3n) is 2.34. The van der Waals surface area contributed by atoms with Crippen molar-refractivity contribution in [3.05, 3.63) is 51.9 Å². The van der Waals surface area contributed by atoms with E-state index in [-0.39, 0.29) is 0 Å². The largest absolute Gasteiger partial charge is 0.136 e. The molecule has 0 unspecified atom stereocenters. The van der Waals surface area contributed by atoms with Crippen LogP contribution in [0.5, 0.6) is 0 Å². The average molecular weight is 283 g/mol. The van der Waals surface area contributed by atoms with E-state index in [1.54, 1.807) is 11.3 Å². The van der Waals surface area contributed by atoms with E-state index in [1.165, 1.54) is 15.3 Å². The minimum atomic E-state index is 0.574. The zero-order valence-corrected chi connectivity index (χ0v) is 11.7. The molecule has 0 saturated heterocycles. The number of allylic oxidation sites excluding steroid dienone is 1. The Kier molecular flexibility index (Phi) is 4.27. The minimum Gasteiger partial charge on any atom is -0.136 e. The van der Waals surface area contributed by atoms with Crippen LogP contribution in [0.1, 0.15) is 11.8 Å². The number of alkyl halides is 1. The molecule has 0 atom stereocenters. The highest BCUT2D eigenvalue weighted by Gasteiger charge is 2.02. The lowest BCUT2D eigenvalue weighted by Gasteiger charge is -1.97. The van der Waals surface area contributed by atoms with Gasteiger partial charge in [-0.1, -0.05) is 29.3 Å². The average Bonchev–Trinajstić information content (AvgIpc) is 2.77. The normalized spacial score (nSPS) is 11.8. The van der Waals surface area contributed by atoms with Crippen molar-refractivity contribution in [3.8, 4) is 10.4 Å². The molecule has 1 heterocycles. The van der Waals surface area contributed by atoms with Gasteiger partial charge in [-0.25, -0.2) is 0 Å². The van der Waals surface area contributed by atoms with E-state index in [9.17, 15) is 0 Å².